The van der Waals surface area contributed by atoms with E-state index in [1.165, 1.54) is 17.2 Å². The van der Waals surface area contributed by atoms with Gasteiger partial charge in [0.1, 0.15) is 18.3 Å². The van der Waals surface area contributed by atoms with Crippen LogP contribution in [0, 0.1) is 0 Å². The molecule has 1 saturated heterocycles. The zero-order valence-electron chi connectivity index (χ0n) is 11.7. The van der Waals surface area contributed by atoms with Gasteiger partial charge in [0.2, 0.25) is 18.4 Å². The number of ether oxygens (including phenoxy) is 1. The predicted molar refractivity (Wildman–Crippen MR) is 74.4 cm³/mol. The van der Waals surface area contributed by atoms with E-state index < -0.39 is 38.9 Å². The number of nitrogens with two attached hydrogens (primary N) is 2. The number of hydrogen-bond donors (Lipinski definition) is 6. The molecule has 1 unspecified atom stereocenters. The molecule has 23 heavy (non-hydrogen) atoms. The van der Waals surface area contributed by atoms with Gasteiger partial charge in [0.05, 0.1) is 6.61 Å². The Balaban J connectivity index is 1.87. The molecule has 0 radical (unpaired) electrons. The van der Waals surface area contributed by atoms with Gasteiger partial charge in [-0.1, -0.05) is 9.97 Å². The van der Waals surface area contributed by atoms with Crippen molar-refractivity contribution < 1.29 is 33.5 Å². The lowest BCUT2D eigenvalue weighted by atomic mass is 10.1. The van der Waals surface area contributed by atoms with E-state index in [2.05, 4.69) is 19.5 Å². The molecular formula is C10H16N6O6P+. The SMILES string of the molecule is Nc1nc[n+]([C@@H]2O[C@H](COP(N)(=O)O)[C@H](O)[C@@H]2O)c2nc[nH]c12. The van der Waals surface area contributed by atoms with Crippen LogP contribution in [-0.2, 0) is 13.8 Å². The average molecular weight is 347 g/mol. The third-order valence-electron chi connectivity index (χ3n) is 3.48. The maximum atomic E-state index is 11.0. The van der Waals surface area contributed by atoms with Crippen molar-refractivity contribution in [3.05, 3.63) is 12.7 Å². The molecule has 1 aliphatic heterocycles. The highest BCUT2D eigenvalue weighted by Crippen LogP contribution is 2.34. The van der Waals surface area contributed by atoms with Crippen LogP contribution in [0.15, 0.2) is 12.7 Å². The molecule has 3 heterocycles. The summed E-state index contributed by atoms with van der Waals surface area (Å²) in [5, 5.41) is 20.2. The zero-order chi connectivity index (χ0) is 16.8. The van der Waals surface area contributed by atoms with Gasteiger partial charge in [-0.3, -0.25) is 4.52 Å². The number of aliphatic hydroxyl groups is 2. The van der Waals surface area contributed by atoms with Crippen molar-refractivity contribution in [3.63, 3.8) is 0 Å². The van der Waals surface area contributed by atoms with Gasteiger partial charge in [0.15, 0.2) is 11.8 Å². The van der Waals surface area contributed by atoms with E-state index in [9.17, 15) is 14.8 Å². The molecule has 1 aliphatic rings. The van der Waals surface area contributed by atoms with Crippen LogP contribution in [0.1, 0.15) is 6.23 Å². The van der Waals surface area contributed by atoms with E-state index in [4.69, 9.17) is 20.9 Å². The number of fused-ring (bicyclic) bond motifs is 1. The van der Waals surface area contributed by atoms with Crippen molar-refractivity contribution in [2.24, 2.45) is 5.50 Å². The first-order valence-electron chi connectivity index (χ1n) is 6.54. The molecule has 8 N–H and O–H groups in total. The molecule has 2 aromatic rings. The van der Waals surface area contributed by atoms with Crippen LogP contribution >= 0.6 is 7.75 Å². The van der Waals surface area contributed by atoms with Crippen LogP contribution < -0.4 is 15.8 Å². The van der Waals surface area contributed by atoms with Crippen LogP contribution in [-0.4, -0.2) is 55.0 Å². The number of nitrogens with one attached hydrogen (secondary N) is 1. The Morgan fingerprint density at radius 2 is 2.17 bits per heavy atom. The number of imidazole rings is 1. The zero-order valence-corrected chi connectivity index (χ0v) is 12.6. The van der Waals surface area contributed by atoms with Crippen LogP contribution in [0.2, 0.25) is 0 Å². The Hall–Kier alpha value is -1.66. The summed E-state index contributed by atoms with van der Waals surface area (Å²) in [5.74, 6) is 0.214. The lowest BCUT2D eigenvalue weighted by Crippen LogP contribution is -2.47. The molecule has 5 atom stereocenters. The predicted octanol–water partition coefficient (Wildman–Crippen LogP) is -2.48. The second-order valence-electron chi connectivity index (χ2n) is 5.04. The average Bonchev–Trinajstić information content (AvgIpc) is 3.06. The summed E-state index contributed by atoms with van der Waals surface area (Å²) in [4.78, 5) is 19.8. The standard InChI is InChI=1S/C10H15N6O6P/c11-8-5-9(14-2-13-5)16(3-15-8)10-7(18)6(17)4(22-10)1-21-23(12,19)20/h2-4,6-7,10,17-18H,1H2,(H5,11,12,13,14,19,20)/p+1/t4-,6+,7+,10-/m1/s1. The minimum absolute atomic E-state index is 0.214. The molecule has 12 nitrogen and oxygen atoms in total. The van der Waals surface area contributed by atoms with E-state index in [0.29, 0.717) is 11.2 Å². The highest BCUT2D eigenvalue weighted by atomic mass is 31.2. The maximum absolute atomic E-state index is 11.0. The van der Waals surface area contributed by atoms with E-state index in [1.807, 2.05) is 0 Å². The fraction of sp³-hybridized carbons (Fsp3) is 0.500. The van der Waals surface area contributed by atoms with Gasteiger partial charge >= 0.3 is 7.75 Å². The number of hydrogen-bond acceptors (Lipinski definition) is 8. The molecule has 1 fully saturated rings. The van der Waals surface area contributed by atoms with Gasteiger partial charge in [0, 0.05) is 0 Å². The highest BCUT2D eigenvalue weighted by Gasteiger charge is 2.47. The number of aromatic amines is 1. The van der Waals surface area contributed by atoms with Crippen LogP contribution in [0.25, 0.3) is 11.2 Å². The normalized spacial score (nSPS) is 30.6. The molecule has 0 bridgehead atoms. The molecule has 0 amide bonds. The van der Waals surface area contributed by atoms with Crippen molar-refractivity contribution in [3.8, 4) is 0 Å². The fourth-order valence-electron chi connectivity index (χ4n) is 2.38. The fourth-order valence-corrected chi connectivity index (χ4v) is 2.74. The number of nitrogen functional groups attached to an aromatic ring is 1. The molecule has 13 heteroatoms. The Morgan fingerprint density at radius 3 is 2.87 bits per heavy atom. The molecular weight excluding hydrogens is 331 g/mol. The third kappa shape index (κ3) is 3.05. The summed E-state index contributed by atoms with van der Waals surface area (Å²) in [6, 6.07) is 0. The first-order chi connectivity index (χ1) is 10.8. The molecule has 3 rings (SSSR count). The van der Waals surface area contributed by atoms with E-state index >= 15 is 0 Å². The topological polar surface area (TPSA) is 194 Å². The second kappa shape index (κ2) is 5.76. The van der Waals surface area contributed by atoms with Gasteiger partial charge in [-0.2, -0.15) is 0 Å². The first kappa shape index (κ1) is 16.2. The number of rotatable bonds is 4. The van der Waals surface area contributed by atoms with Gasteiger partial charge in [-0.25, -0.2) is 14.6 Å². The Labute approximate surface area is 129 Å². The quantitative estimate of drug-likeness (QED) is 0.255. The van der Waals surface area contributed by atoms with Crippen molar-refractivity contribution in [1.29, 1.82) is 0 Å². The molecule has 126 valence electrons. The minimum Gasteiger partial charge on any atom is -0.387 e. The molecule has 0 aliphatic carbocycles. The lowest BCUT2D eigenvalue weighted by Gasteiger charge is -2.14. The van der Waals surface area contributed by atoms with E-state index in [-0.39, 0.29) is 5.82 Å². The monoisotopic (exact) mass is 347 g/mol. The van der Waals surface area contributed by atoms with Gasteiger partial charge < -0.3 is 30.6 Å². The number of aliphatic hydroxyl groups excluding tert-OH is 2. The maximum Gasteiger partial charge on any atom is 0.400 e. The summed E-state index contributed by atoms with van der Waals surface area (Å²) in [6.07, 6.45) is -2.08. The Bertz CT molecular complexity index is 763. The third-order valence-corrected chi connectivity index (χ3v) is 4.00. The van der Waals surface area contributed by atoms with Gasteiger partial charge in [-0.05, 0) is 0 Å². The summed E-state index contributed by atoms with van der Waals surface area (Å²) >= 11 is 0. The van der Waals surface area contributed by atoms with E-state index in [0.717, 1.165) is 0 Å². The molecule has 2 aromatic heterocycles. The van der Waals surface area contributed by atoms with Crippen molar-refractivity contribution >= 4 is 24.7 Å². The first-order valence-corrected chi connectivity index (χ1v) is 8.19. The van der Waals surface area contributed by atoms with Crippen molar-refractivity contribution in [1.82, 2.24) is 15.0 Å². The minimum atomic E-state index is -4.22. The Morgan fingerprint density at radius 1 is 1.43 bits per heavy atom. The summed E-state index contributed by atoms with van der Waals surface area (Å²) in [7, 11) is -4.22. The van der Waals surface area contributed by atoms with Crippen molar-refractivity contribution in [2.45, 2.75) is 24.5 Å². The van der Waals surface area contributed by atoms with Crippen molar-refractivity contribution in [2.75, 3.05) is 12.3 Å². The molecule has 0 spiro atoms. The second-order valence-corrected chi connectivity index (χ2v) is 6.43. The number of nitrogens with zero attached hydrogens (tertiary/aromatic N) is 3. The number of H-pyrrole nitrogens is 1. The molecule has 0 aromatic carbocycles. The number of aromatic nitrogens is 4. The summed E-state index contributed by atoms with van der Waals surface area (Å²) in [5.41, 5.74) is 11.4. The Kier molecular flexibility index (Phi) is 4.06. The van der Waals surface area contributed by atoms with Crippen LogP contribution in [0.3, 0.4) is 0 Å². The number of anilines is 1. The van der Waals surface area contributed by atoms with Crippen LogP contribution in [0.4, 0.5) is 5.82 Å². The smallest absolute Gasteiger partial charge is 0.387 e. The van der Waals surface area contributed by atoms with Gasteiger partial charge in [-0.15, -0.1) is 0 Å². The van der Waals surface area contributed by atoms with Crippen LogP contribution in [0.5, 0.6) is 0 Å². The molecule has 0 saturated carbocycles. The highest BCUT2D eigenvalue weighted by molar-refractivity contribution is 7.50. The van der Waals surface area contributed by atoms with Gasteiger partial charge in [0.25, 0.3) is 5.65 Å². The largest absolute Gasteiger partial charge is 0.400 e. The summed E-state index contributed by atoms with van der Waals surface area (Å²) < 4.78 is 22.4. The summed E-state index contributed by atoms with van der Waals surface area (Å²) in [6.45, 7) is -0.467. The van der Waals surface area contributed by atoms with E-state index in [1.54, 1.807) is 0 Å². The lowest BCUT2D eigenvalue weighted by molar-refractivity contribution is -0.747.